The Labute approximate surface area is 82.2 Å². The molecule has 0 amide bonds. The van der Waals surface area contributed by atoms with Gasteiger partial charge in [0.15, 0.2) is 10.9 Å². The normalized spacial score (nSPS) is 10.5. The molecule has 1 aromatic heterocycles. The summed E-state index contributed by atoms with van der Waals surface area (Å²) in [5.41, 5.74) is 0.827. The van der Waals surface area contributed by atoms with Crippen molar-refractivity contribution in [3.8, 4) is 0 Å². The van der Waals surface area contributed by atoms with Gasteiger partial charge in [-0.3, -0.25) is 4.79 Å². The fourth-order valence-corrected chi connectivity index (χ4v) is 2.00. The maximum absolute atomic E-state index is 11.6. The number of nitrogens with zero attached hydrogens (tertiary/aromatic N) is 1. The zero-order valence-corrected chi connectivity index (χ0v) is 9.16. The molecule has 0 saturated carbocycles. The molecule has 0 saturated heterocycles. The van der Waals surface area contributed by atoms with Gasteiger partial charge in [-0.1, -0.05) is 25.2 Å². The number of rotatable bonds is 3. The van der Waals surface area contributed by atoms with Crippen LogP contribution in [0.2, 0.25) is 0 Å². The lowest BCUT2D eigenvalue weighted by atomic mass is 10.1. The smallest absolute Gasteiger partial charge is 0.183 e. The number of carbonyl (C=O) groups is 1. The van der Waals surface area contributed by atoms with Crippen LogP contribution < -0.4 is 5.32 Å². The van der Waals surface area contributed by atoms with Gasteiger partial charge < -0.3 is 5.32 Å². The highest BCUT2D eigenvalue weighted by molar-refractivity contribution is 7.17. The highest BCUT2D eigenvalue weighted by Gasteiger charge is 2.17. The molecule has 0 unspecified atom stereocenters. The van der Waals surface area contributed by atoms with Crippen molar-refractivity contribution in [3.63, 3.8) is 0 Å². The molecule has 0 fully saturated rings. The SMILES string of the molecule is CNc1nc(C)c(C(=O)C(C)C)s1. The molecule has 0 bridgehead atoms. The van der Waals surface area contributed by atoms with Gasteiger partial charge in [-0.15, -0.1) is 0 Å². The minimum absolute atomic E-state index is 0.0452. The number of aromatic nitrogens is 1. The molecular weight excluding hydrogens is 184 g/mol. The second-order valence-corrected chi connectivity index (χ2v) is 4.20. The van der Waals surface area contributed by atoms with Gasteiger partial charge >= 0.3 is 0 Å². The first-order valence-corrected chi connectivity index (χ1v) is 5.07. The molecule has 13 heavy (non-hydrogen) atoms. The van der Waals surface area contributed by atoms with Crippen LogP contribution in [-0.2, 0) is 0 Å². The maximum atomic E-state index is 11.6. The number of ketones is 1. The molecule has 1 heterocycles. The second kappa shape index (κ2) is 3.87. The van der Waals surface area contributed by atoms with Crippen LogP contribution in [0, 0.1) is 12.8 Å². The van der Waals surface area contributed by atoms with E-state index in [2.05, 4.69) is 10.3 Å². The summed E-state index contributed by atoms with van der Waals surface area (Å²) in [4.78, 5) is 16.6. The minimum Gasteiger partial charge on any atom is -0.365 e. The van der Waals surface area contributed by atoms with E-state index in [1.165, 1.54) is 11.3 Å². The van der Waals surface area contributed by atoms with Crippen molar-refractivity contribution in [3.05, 3.63) is 10.6 Å². The summed E-state index contributed by atoms with van der Waals surface area (Å²) in [6, 6.07) is 0. The van der Waals surface area contributed by atoms with Crippen molar-refractivity contribution in [2.45, 2.75) is 20.8 Å². The van der Waals surface area contributed by atoms with Crippen LogP contribution in [-0.4, -0.2) is 17.8 Å². The summed E-state index contributed by atoms with van der Waals surface area (Å²) in [6.07, 6.45) is 0. The van der Waals surface area contributed by atoms with Crippen LogP contribution in [0.5, 0.6) is 0 Å². The summed E-state index contributed by atoms with van der Waals surface area (Å²) in [5, 5.41) is 3.74. The fraction of sp³-hybridized carbons (Fsp3) is 0.556. The van der Waals surface area contributed by atoms with Gasteiger partial charge in [-0.05, 0) is 6.92 Å². The summed E-state index contributed by atoms with van der Waals surface area (Å²) in [7, 11) is 1.81. The molecule has 0 spiro atoms. The van der Waals surface area contributed by atoms with Gasteiger partial charge in [0.1, 0.15) is 0 Å². The Kier molecular flexibility index (Phi) is 3.03. The van der Waals surface area contributed by atoms with E-state index in [4.69, 9.17) is 0 Å². The van der Waals surface area contributed by atoms with Crippen LogP contribution in [0.25, 0.3) is 0 Å². The van der Waals surface area contributed by atoms with Crippen molar-refractivity contribution in [2.24, 2.45) is 5.92 Å². The Morgan fingerprint density at radius 2 is 2.15 bits per heavy atom. The average molecular weight is 198 g/mol. The standard InChI is InChI=1S/C9H14N2OS/c1-5(2)7(12)8-6(3)11-9(10-4)13-8/h5H,1-4H3,(H,10,11). The lowest BCUT2D eigenvalue weighted by molar-refractivity contribution is 0.0942. The Morgan fingerprint density at radius 1 is 1.54 bits per heavy atom. The van der Waals surface area contributed by atoms with E-state index < -0.39 is 0 Å². The molecule has 0 aromatic carbocycles. The van der Waals surface area contributed by atoms with Crippen LogP contribution in [0.4, 0.5) is 5.13 Å². The minimum atomic E-state index is 0.0452. The van der Waals surface area contributed by atoms with Gasteiger partial charge in [0, 0.05) is 13.0 Å². The van der Waals surface area contributed by atoms with Gasteiger partial charge in [0.25, 0.3) is 0 Å². The molecule has 1 N–H and O–H groups in total. The van der Waals surface area contributed by atoms with E-state index in [1.807, 2.05) is 27.8 Å². The maximum Gasteiger partial charge on any atom is 0.183 e. The molecule has 1 aromatic rings. The monoisotopic (exact) mass is 198 g/mol. The lowest BCUT2D eigenvalue weighted by Crippen LogP contribution is -2.06. The molecular formula is C9H14N2OS. The molecule has 0 aliphatic heterocycles. The predicted molar refractivity (Wildman–Crippen MR) is 55.6 cm³/mol. The molecule has 1 rings (SSSR count). The number of hydrogen-bond acceptors (Lipinski definition) is 4. The summed E-state index contributed by atoms with van der Waals surface area (Å²) >= 11 is 1.42. The predicted octanol–water partition coefficient (Wildman–Crippen LogP) is 2.33. The van der Waals surface area contributed by atoms with E-state index in [1.54, 1.807) is 0 Å². The second-order valence-electron chi connectivity index (χ2n) is 3.20. The van der Waals surface area contributed by atoms with E-state index in [9.17, 15) is 4.79 Å². The first-order valence-electron chi connectivity index (χ1n) is 4.25. The van der Waals surface area contributed by atoms with Crippen LogP contribution in [0.15, 0.2) is 0 Å². The molecule has 72 valence electrons. The summed E-state index contributed by atoms with van der Waals surface area (Å²) < 4.78 is 0. The van der Waals surface area contributed by atoms with E-state index >= 15 is 0 Å². The molecule has 0 aliphatic carbocycles. The van der Waals surface area contributed by atoms with E-state index in [0.717, 1.165) is 15.7 Å². The molecule has 0 radical (unpaired) electrons. The molecule has 4 heteroatoms. The van der Waals surface area contributed by atoms with Crippen molar-refractivity contribution < 1.29 is 4.79 Å². The van der Waals surface area contributed by atoms with Crippen molar-refractivity contribution >= 4 is 22.3 Å². The van der Waals surface area contributed by atoms with Crippen LogP contribution >= 0.6 is 11.3 Å². The molecule has 3 nitrogen and oxygen atoms in total. The topological polar surface area (TPSA) is 42.0 Å². The van der Waals surface area contributed by atoms with E-state index in [-0.39, 0.29) is 11.7 Å². The first-order chi connectivity index (χ1) is 6.06. The number of carbonyl (C=O) groups excluding carboxylic acids is 1. The highest BCUT2D eigenvalue weighted by atomic mass is 32.1. The van der Waals surface area contributed by atoms with Gasteiger partial charge in [0.05, 0.1) is 10.6 Å². The quantitative estimate of drug-likeness (QED) is 0.758. The van der Waals surface area contributed by atoms with Crippen LogP contribution in [0.1, 0.15) is 29.2 Å². The third-order valence-corrected chi connectivity index (χ3v) is 2.95. The number of anilines is 1. The van der Waals surface area contributed by atoms with Gasteiger partial charge in [-0.25, -0.2) is 4.98 Å². The van der Waals surface area contributed by atoms with Crippen LogP contribution in [0.3, 0.4) is 0 Å². The number of hydrogen-bond donors (Lipinski definition) is 1. The third kappa shape index (κ3) is 2.06. The Hall–Kier alpha value is -0.900. The summed E-state index contributed by atoms with van der Waals surface area (Å²) in [5.74, 6) is 0.223. The van der Waals surface area contributed by atoms with Crippen molar-refractivity contribution in [1.29, 1.82) is 0 Å². The number of nitrogens with one attached hydrogen (secondary N) is 1. The average Bonchev–Trinajstić information content (AvgIpc) is 2.45. The Balaban J connectivity index is 3.00. The van der Waals surface area contributed by atoms with Crippen molar-refractivity contribution in [2.75, 3.05) is 12.4 Å². The zero-order valence-electron chi connectivity index (χ0n) is 8.34. The summed E-state index contributed by atoms with van der Waals surface area (Å²) in [6.45, 7) is 5.67. The van der Waals surface area contributed by atoms with Crippen molar-refractivity contribution in [1.82, 2.24) is 4.98 Å². The largest absolute Gasteiger partial charge is 0.365 e. The third-order valence-electron chi connectivity index (χ3n) is 1.76. The number of Topliss-reactive ketones (excluding diaryl/α,β-unsaturated/α-hetero) is 1. The number of aryl methyl sites for hydroxylation is 1. The molecule has 0 aliphatic rings. The van der Waals surface area contributed by atoms with Gasteiger partial charge in [-0.2, -0.15) is 0 Å². The first kappa shape index (κ1) is 10.2. The molecule has 0 atom stereocenters. The fourth-order valence-electron chi connectivity index (χ4n) is 0.994. The van der Waals surface area contributed by atoms with E-state index in [0.29, 0.717) is 0 Å². The Bertz CT molecular complexity index is 317. The number of thiazole rings is 1. The zero-order chi connectivity index (χ0) is 10.0. The van der Waals surface area contributed by atoms with Gasteiger partial charge in [0.2, 0.25) is 0 Å². The lowest BCUT2D eigenvalue weighted by Gasteiger charge is -2.00. The highest BCUT2D eigenvalue weighted by Crippen LogP contribution is 2.24. The Morgan fingerprint density at radius 3 is 2.54 bits per heavy atom.